The molecule has 0 spiro atoms. The lowest BCUT2D eigenvalue weighted by molar-refractivity contribution is -0.156. The van der Waals surface area contributed by atoms with Gasteiger partial charge in [-0.05, 0) is 46.6 Å². The zero-order valence-electron chi connectivity index (χ0n) is 13.5. The topological polar surface area (TPSA) is 64.6 Å². The van der Waals surface area contributed by atoms with Gasteiger partial charge in [-0.15, -0.1) is 0 Å². The summed E-state index contributed by atoms with van der Waals surface area (Å²) in [6, 6.07) is 13.2. The number of hydrogen-bond acceptors (Lipinski definition) is 4. The molecule has 0 unspecified atom stereocenters. The van der Waals surface area contributed by atoms with E-state index in [0.717, 1.165) is 5.56 Å². The minimum atomic E-state index is -0.948. The second-order valence-corrected chi connectivity index (χ2v) is 6.05. The van der Waals surface area contributed by atoms with Crippen molar-refractivity contribution in [2.24, 2.45) is 0 Å². The van der Waals surface area contributed by atoms with Gasteiger partial charge in [0.2, 0.25) is 0 Å². The van der Waals surface area contributed by atoms with Gasteiger partial charge >= 0.3 is 5.97 Å². The molecule has 0 aliphatic heterocycles. The van der Waals surface area contributed by atoms with E-state index in [0.29, 0.717) is 16.8 Å². The highest BCUT2D eigenvalue weighted by molar-refractivity contribution is 9.10. The summed E-state index contributed by atoms with van der Waals surface area (Å²) in [5.74, 6) is -1.22. The summed E-state index contributed by atoms with van der Waals surface area (Å²) in [7, 11) is 0. The lowest BCUT2D eigenvalue weighted by Crippen LogP contribution is -2.36. The predicted octanol–water partition coefficient (Wildman–Crippen LogP) is 3.22. The molecule has 1 amide bonds. The van der Waals surface area contributed by atoms with Gasteiger partial charge in [0.1, 0.15) is 11.6 Å². The third-order valence-corrected chi connectivity index (χ3v) is 3.85. The summed E-state index contributed by atoms with van der Waals surface area (Å²) in [5.41, 5.74) is 0.943. The average Bonchev–Trinajstić information content (AvgIpc) is 2.59. The summed E-state index contributed by atoms with van der Waals surface area (Å²) in [5, 5.41) is 2.69. The largest absolute Gasteiger partial charge is 0.481 e. The molecule has 5 nitrogen and oxygen atoms in total. The summed E-state index contributed by atoms with van der Waals surface area (Å²) in [6.07, 6.45) is -0.948. The number of halogens is 2. The second-order valence-electron chi connectivity index (χ2n) is 5.20. The Labute approximate surface area is 153 Å². The van der Waals surface area contributed by atoms with Crippen molar-refractivity contribution >= 4 is 27.8 Å². The number of rotatable bonds is 7. The first-order chi connectivity index (χ1) is 12.0. The molecular weight excluding hydrogens is 393 g/mol. The summed E-state index contributed by atoms with van der Waals surface area (Å²) in [4.78, 5) is 23.7. The number of nitrogens with one attached hydrogen (secondary N) is 1. The molecule has 0 fully saturated rings. The van der Waals surface area contributed by atoms with Gasteiger partial charge in [0.15, 0.2) is 12.7 Å². The fourth-order valence-electron chi connectivity index (χ4n) is 1.94. The maximum atomic E-state index is 13.0. The quantitative estimate of drug-likeness (QED) is 0.713. The standard InChI is InChI=1S/C18H17BrFNO4/c1-12(18(23)21-10-13-5-3-2-4-6-13)25-17(22)11-24-16-8-7-14(20)9-15(16)19/h2-9,12H,10-11H2,1H3,(H,21,23)/t12-/m1/s1. The smallest absolute Gasteiger partial charge is 0.344 e. The third-order valence-electron chi connectivity index (χ3n) is 3.23. The first kappa shape index (κ1) is 18.9. The van der Waals surface area contributed by atoms with Gasteiger partial charge in [0.25, 0.3) is 5.91 Å². The Morgan fingerprint density at radius 3 is 2.60 bits per heavy atom. The molecule has 0 aromatic heterocycles. The van der Waals surface area contributed by atoms with Crippen LogP contribution in [0.4, 0.5) is 4.39 Å². The SMILES string of the molecule is C[C@@H](OC(=O)COc1ccc(F)cc1Br)C(=O)NCc1ccccc1. The van der Waals surface area contributed by atoms with Crippen LogP contribution in [0.2, 0.25) is 0 Å². The average molecular weight is 410 g/mol. The summed E-state index contributed by atoms with van der Waals surface area (Å²) >= 11 is 3.13. The van der Waals surface area contributed by atoms with Crippen molar-refractivity contribution in [2.45, 2.75) is 19.6 Å². The predicted molar refractivity (Wildman–Crippen MR) is 93.4 cm³/mol. The number of benzene rings is 2. The first-order valence-corrected chi connectivity index (χ1v) is 8.34. The van der Waals surface area contributed by atoms with E-state index in [4.69, 9.17) is 9.47 Å². The van der Waals surface area contributed by atoms with Crippen LogP contribution in [0.1, 0.15) is 12.5 Å². The Balaban J connectivity index is 1.76. The normalized spacial score (nSPS) is 11.5. The number of ether oxygens (including phenoxy) is 2. The van der Waals surface area contributed by atoms with E-state index >= 15 is 0 Å². The Morgan fingerprint density at radius 2 is 1.92 bits per heavy atom. The number of amides is 1. The maximum absolute atomic E-state index is 13.0. The molecule has 1 atom stereocenters. The third kappa shape index (κ3) is 6.19. The fraction of sp³-hybridized carbons (Fsp3) is 0.222. The molecule has 0 aliphatic carbocycles. The van der Waals surface area contributed by atoms with Gasteiger partial charge in [-0.3, -0.25) is 4.79 Å². The molecule has 0 saturated carbocycles. The molecule has 25 heavy (non-hydrogen) atoms. The van der Waals surface area contributed by atoms with E-state index in [1.807, 2.05) is 30.3 Å². The van der Waals surface area contributed by atoms with Crippen LogP contribution < -0.4 is 10.1 Å². The van der Waals surface area contributed by atoms with Crippen LogP contribution in [0.3, 0.4) is 0 Å². The van der Waals surface area contributed by atoms with Crippen molar-refractivity contribution in [1.82, 2.24) is 5.32 Å². The fourth-order valence-corrected chi connectivity index (χ4v) is 2.41. The molecule has 132 valence electrons. The van der Waals surface area contributed by atoms with Crippen LogP contribution in [0.15, 0.2) is 53.0 Å². The van der Waals surface area contributed by atoms with Crippen molar-refractivity contribution in [2.75, 3.05) is 6.61 Å². The summed E-state index contributed by atoms with van der Waals surface area (Å²) in [6.45, 7) is 1.44. The molecule has 2 rings (SSSR count). The zero-order chi connectivity index (χ0) is 18.2. The molecule has 0 heterocycles. The molecule has 0 saturated heterocycles. The van der Waals surface area contributed by atoms with Gasteiger partial charge in [-0.25, -0.2) is 9.18 Å². The molecule has 2 aromatic carbocycles. The highest BCUT2D eigenvalue weighted by atomic mass is 79.9. The summed E-state index contributed by atoms with van der Waals surface area (Å²) < 4.78 is 23.6. The minimum Gasteiger partial charge on any atom is -0.481 e. The van der Waals surface area contributed by atoms with Gasteiger partial charge in [-0.1, -0.05) is 30.3 Å². The highest BCUT2D eigenvalue weighted by Gasteiger charge is 2.18. The number of esters is 1. The molecule has 2 aromatic rings. The van der Waals surface area contributed by atoms with Crippen LogP contribution in [0, 0.1) is 5.82 Å². The second kappa shape index (κ2) is 9.17. The maximum Gasteiger partial charge on any atom is 0.344 e. The minimum absolute atomic E-state index is 0.305. The van der Waals surface area contributed by atoms with E-state index in [1.54, 1.807) is 0 Å². The Bertz CT molecular complexity index is 739. The Hall–Kier alpha value is -2.41. The van der Waals surface area contributed by atoms with E-state index in [9.17, 15) is 14.0 Å². The number of hydrogen-bond donors (Lipinski definition) is 1. The van der Waals surface area contributed by atoms with Gasteiger partial charge in [-0.2, -0.15) is 0 Å². The molecule has 0 bridgehead atoms. The van der Waals surface area contributed by atoms with Crippen LogP contribution in [-0.4, -0.2) is 24.6 Å². The molecule has 0 aliphatic rings. The lowest BCUT2D eigenvalue weighted by atomic mass is 10.2. The highest BCUT2D eigenvalue weighted by Crippen LogP contribution is 2.25. The van der Waals surface area contributed by atoms with E-state index in [1.165, 1.54) is 25.1 Å². The number of carbonyl (C=O) groups excluding carboxylic acids is 2. The van der Waals surface area contributed by atoms with Crippen LogP contribution in [0.5, 0.6) is 5.75 Å². The Morgan fingerprint density at radius 1 is 1.20 bits per heavy atom. The van der Waals surface area contributed by atoms with Gasteiger partial charge in [0, 0.05) is 6.54 Å². The van der Waals surface area contributed by atoms with Crippen LogP contribution >= 0.6 is 15.9 Å². The van der Waals surface area contributed by atoms with Crippen molar-refractivity contribution in [1.29, 1.82) is 0 Å². The monoisotopic (exact) mass is 409 g/mol. The lowest BCUT2D eigenvalue weighted by Gasteiger charge is -2.14. The molecular formula is C18H17BrFNO4. The molecule has 1 N–H and O–H groups in total. The first-order valence-electron chi connectivity index (χ1n) is 7.54. The van der Waals surface area contributed by atoms with Crippen molar-refractivity contribution in [3.63, 3.8) is 0 Å². The van der Waals surface area contributed by atoms with E-state index in [-0.39, 0.29) is 6.61 Å². The van der Waals surface area contributed by atoms with Gasteiger partial charge < -0.3 is 14.8 Å². The zero-order valence-corrected chi connectivity index (χ0v) is 15.1. The van der Waals surface area contributed by atoms with Crippen molar-refractivity contribution in [3.8, 4) is 5.75 Å². The Kier molecular flexibility index (Phi) is 6.94. The van der Waals surface area contributed by atoms with Crippen molar-refractivity contribution < 1.29 is 23.5 Å². The van der Waals surface area contributed by atoms with E-state index < -0.39 is 23.8 Å². The van der Waals surface area contributed by atoms with E-state index in [2.05, 4.69) is 21.2 Å². The van der Waals surface area contributed by atoms with Crippen LogP contribution in [-0.2, 0) is 20.9 Å². The molecule has 0 radical (unpaired) electrons. The van der Waals surface area contributed by atoms with Gasteiger partial charge in [0.05, 0.1) is 4.47 Å². The number of carbonyl (C=O) groups is 2. The van der Waals surface area contributed by atoms with Crippen molar-refractivity contribution in [3.05, 3.63) is 64.4 Å². The van der Waals surface area contributed by atoms with Crippen LogP contribution in [0.25, 0.3) is 0 Å². The molecule has 7 heteroatoms.